The first kappa shape index (κ1) is 27.7. The van der Waals surface area contributed by atoms with Crippen LogP contribution in [-0.4, -0.2) is 38.2 Å². The standard InChI is InChI=1S/C22H27F3N4O2.HI/c1-3-27-20(30)19-6-4-5-18(11-19)13-29-21(26-2)28-12-16-7-9-17(10-8-16)14-31-15-22(23,24)25;/h4-11H,3,12-15H2,1-2H3,(H,27,30)(H2,26,28,29);1H. The average Bonchev–Trinajstić information content (AvgIpc) is 2.74. The minimum Gasteiger partial charge on any atom is -0.367 e. The fraction of sp³-hybridized carbons (Fsp3) is 0.364. The Labute approximate surface area is 203 Å². The SMILES string of the molecule is CCNC(=O)c1cccc(CNC(=NC)NCc2ccc(COCC(F)(F)F)cc2)c1.I. The summed E-state index contributed by atoms with van der Waals surface area (Å²) in [6, 6.07) is 14.4. The number of carbonyl (C=O) groups is 1. The smallest absolute Gasteiger partial charge is 0.367 e. The van der Waals surface area contributed by atoms with E-state index in [1.54, 1.807) is 25.2 Å². The van der Waals surface area contributed by atoms with Crippen molar-refractivity contribution in [3.05, 3.63) is 70.8 Å². The lowest BCUT2D eigenvalue weighted by Gasteiger charge is -2.13. The Hall–Kier alpha value is -2.34. The number of rotatable bonds is 9. The van der Waals surface area contributed by atoms with E-state index in [1.165, 1.54) is 0 Å². The molecule has 0 spiro atoms. The summed E-state index contributed by atoms with van der Waals surface area (Å²) in [7, 11) is 1.65. The van der Waals surface area contributed by atoms with Gasteiger partial charge in [-0.2, -0.15) is 13.2 Å². The molecule has 0 saturated carbocycles. The lowest BCUT2D eigenvalue weighted by atomic mass is 10.1. The largest absolute Gasteiger partial charge is 0.411 e. The van der Waals surface area contributed by atoms with Gasteiger partial charge in [0.15, 0.2) is 5.96 Å². The van der Waals surface area contributed by atoms with Gasteiger partial charge in [0.25, 0.3) is 5.91 Å². The predicted molar refractivity (Wildman–Crippen MR) is 129 cm³/mol. The predicted octanol–water partition coefficient (Wildman–Crippen LogP) is 4.00. The number of hydrogen-bond donors (Lipinski definition) is 3. The second kappa shape index (κ2) is 13.9. The number of aliphatic imine (C=N–C) groups is 1. The van der Waals surface area contributed by atoms with Crippen molar-refractivity contribution in [1.29, 1.82) is 0 Å². The number of nitrogens with zero attached hydrogens (tertiary/aromatic N) is 1. The number of guanidine groups is 1. The third-order valence-corrected chi connectivity index (χ3v) is 4.23. The van der Waals surface area contributed by atoms with Crippen molar-refractivity contribution in [2.24, 2.45) is 4.99 Å². The molecule has 0 aliphatic rings. The summed E-state index contributed by atoms with van der Waals surface area (Å²) >= 11 is 0. The van der Waals surface area contributed by atoms with Crippen molar-refractivity contribution in [3.63, 3.8) is 0 Å². The molecule has 10 heteroatoms. The molecule has 0 aliphatic heterocycles. The summed E-state index contributed by atoms with van der Waals surface area (Å²) in [5.41, 5.74) is 3.15. The zero-order chi connectivity index (χ0) is 22.7. The van der Waals surface area contributed by atoms with Crippen LogP contribution < -0.4 is 16.0 Å². The average molecular weight is 564 g/mol. The molecule has 6 nitrogen and oxygen atoms in total. The first-order valence-corrected chi connectivity index (χ1v) is 9.84. The number of hydrogen-bond acceptors (Lipinski definition) is 3. The molecular weight excluding hydrogens is 536 g/mol. The number of halogens is 4. The Morgan fingerprint density at radius 3 is 2.19 bits per heavy atom. The van der Waals surface area contributed by atoms with E-state index in [0.29, 0.717) is 36.7 Å². The summed E-state index contributed by atoms with van der Waals surface area (Å²) in [6.45, 7) is 2.06. The molecule has 2 aromatic carbocycles. The summed E-state index contributed by atoms with van der Waals surface area (Å²) in [4.78, 5) is 16.1. The Morgan fingerprint density at radius 1 is 0.969 bits per heavy atom. The van der Waals surface area contributed by atoms with Gasteiger partial charge in [0.1, 0.15) is 6.61 Å². The highest BCUT2D eigenvalue weighted by molar-refractivity contribution is 14.0. The van der Waals surface area contributed by atoms with Crippen molar-refractivity contribution >= 4 is 35.8 Å². The van der Waals surface area contributed by atoms with Crippen LogP contribution in [0, 0.1) is 0 Å². The third-order valence-electron chi connectivity index (χ3n) is 4.23. The molecule has 0 saturated heterocycles. The van der Waals surface area contributed by atoms with Crippen molar-refractivity contribution in [2.75, 3.05) is 20.2 Å². The molecule has 32 heavy (non-hydrogen) atoms. The van der Waals surface area contributed by atoms with E-state index in [-0.39, 0.29) is 36.5 Å². The Morgan fingerprint density at radius 2 is 1.59 bits per heavy atom. The fourth-order valence-corrected chi connectivity index (χ4v) is 2.72. The van der Waals surface area contributed by atoms with E-state index < -0.39 is 12.8 Å². The molecule has 3 N–H and O–H groups in total. The van der Waals surface area contributed by atoms with Crippen LogP contribution in [0.2, 0.25) is 0 Å². The molecule has 2 aromatic rings. The van der Waals surface area contributed by atoms with Gasteiger partial charge in [0.05, 0.1) is 6.61 Å². The first-order valence-electron chi connectivity index (χ1n) is 9.84. The molecule has 0 aliphatic carbocycles. The summed E-state index contributed by atoms with van der Waals surface area (Å²) in [5.74, 6) is 0.472. The maximum absolute atomic E-state index is 12.1. The Bertz CT molecular complexity index is 874. The van der Waals surface area contributed by atoms with E-state index in [4.69, 9.17) is 0 Å². The highest BCUT2D eigenvalue weighted by Crippen LogP contribution is 2.15. The minimum absolute atomic E-state index is 0. The van der Waals surface area contributed by atoms with E-state index in [0.717, 1.165) is 11.1 Å². The number of ether oxygens (including phenoxy) is 1. The number of alkyl halides is 3. The molecule has 1 amide bonds. The highest BCUT2D eigenvalue weighted by Gasteiger charge is 2.27. The molecule has 2 rings (SSSR count). The zero-order valence-electron chi connectivity index (χ0n) is 18.0. The van der Waals surface area contributed by atoms with Crippen LogP contribution in [0.25, 0.3) is 0 Å². The van der Waals surface area contributed by atoms with E-state index in [2.05, 4.69) is 25.7 Å². The second-order valence-corrected chi connectivity index (χ2v) is 6.76. The number of benzene rings is 2. The van der Waals surface area contributed by atoms with Crippen molar-refractivity contribution in [3.8, 4) is 0 Å². The minimum atomic E-state index is -4.32. The molecule has 0 unspecified atom stereocenters. The van der Waals surface area contributed by atoms with Gasteiger partial charge in [-0.3, -0.25) is 9.79 Å². The van der Waals surface area contributed by atoms with Gasteiger partial charge in [-0.25, -0.2) is 0 Å². The van der Waals surface area contributed by atoms with Crippen LogP contribution in [0.1, 0.15) is 34.0 Å². The van der Waals surface area contributed by atoms with Crippen LogP contribution in [0.4, 0.5) is 13.2 Å². The van der Waals surface area contributed by atoms with Crippen molar-refractivity contribution < 1.29 is 22.7 Å². The molecule has 0 atom stereocenters. The molecule has 0 aromatic heterocycles. The van der Waals surface area contributed by atoms with Gasteiger partial charge >= 0.3 is 6.18 Å². The first-order chi connectivity index (χ1) is 14.8. The molecule has 176 valence electrons. The quantitative estimate of drug-likeness (QED) is 0.245. The molecule has 0 fully saturated rings. The van der Waals surface area contributed by atoms with Crippen LogP contribution in [0.15, 0.2) is 53.5 Å². The van der Waals surface area contributed by atoms with Gasteiger partial charge < -0.3 is 20.7 Å². The monoisotopic (exact) mass is 564 g/mol. The summed E-state index contributed by atoms with van der Waals surface area (Å²) in [6.07, 6.45) is -4.32. The Balaban J connectivity index is 0.00000512. The van der Waals surface area contributed by atoms with Gasteiger partial charge in [-0.05, 0) is 35.7 Å². The van der Waals surface area contributed by atoms with Crippen LogP contribution in [0.3, 0.4) is 0 Å². The van der Waals surface area contributed by atoms with E-state index in [1.807, 2.05) is 37.3 Å². The van der Waals surface area contributed by atoms with Crippen LogP contribution >= 0.6 is 24.0 Å². The van der Waals surface area contributed by atoms with E-state index in [9.17, 15) is 18.0 Å². The normalized spacial score (nSPS) is 11.5. The lowest BCUT2D eigenvalue weighted by Crippen LogP contribution is -2.36. The molecule has 0 heterocycles. The van der Waals surface area contributed by atoms with Gasteiger partial charge in [0.2, 0.25) is 0 Å². The van der Waals surface area contributed by atoms with Gasteiger partial charge in [-0.1, -0.05) is 36.4 Å². The topological polar surface area (TPSA) is 74.8 Å². The van der Waals surface area contributed by atoms with Crippen molar-refractivity contribution in [1.82, 2.24) is 16.0 Å². The zero-order valence-corrected chi connectivity index (χ0v) is 20.3. The van der Waals surface area contributed by atoms with Crippen molar-refractivity contribution in [2.45, 2.75) is 32.8 Å². The highest BCUT2D eigenvalue weighted by atomic mass is 127. The fourth-order valence-electron chi connectivity index (χ4n) is 2.72. The van der Waals surface area contributed by atoms with E-state index >= 15 is 0 Å². The molecule has 0 bridgehead atoms. The second-order valence-electron chi connectivity index (χ2n) is 6.76. The van der Waals surface area contributed by atoms with Crippen LogP contribution in [0.5, 0.6) is 0 Å². The maximum atomic E-state index is 12.1. The van der Waals surface area contributed by atoms with Gasteiger partial charge in [-0.15, -0.1) is 24.0 Å². The van der Waals surface area contributed by atoms with Crippen LogP contribution in [-0.2, 0) is 24.4 Å². The summed E-state index contributed by atoms with van der Waals surface area (Å²) < 4.78 is 41.0. The molecular formula is C22H28F3IN4O2. The Kier molecular flexibility index (Phi) is 12.1. The van der Waals surface area contributed by atoms with Gasteiger partial charge in [0, 0.05) is 32.2 Å². The number of nitrogens with one attached hydrogen (secondary N) is 3. The number of carbonyl (C=O) groups excluding carboxylic acids is 1. The molecule has 0 radical (unpaired) electrons. The number of amides is 1. The lowest BCUT2D eigenvalue weighted by molar-refractivity contribution is -0.176. The maximum Gasteiger partial charge on any atom is 0.411 e. The third kappa shape index (κ3) is 10.3. The summed E-state index contributed by atoms with van der Waals surface area (Å²) in [5, 5.41) is 9.14.